The van der Waals surface area contributed by atoms with Crippen LogP contribution in [0.5, 0.6) is 0 Å². The lowest BCUT2D eigenvalue weighted by molar-refractivity contribution is -0.387. The fourth-order valence-electron chi connectivity index (χ4n) is 1.37. The fraction of sp³-hybridized carbons (Fsp3) is 0.231. The van der Waals surface area contributed by atoms with Crippen LogP contribution in [0.2, 0.25) is 0 Å². The molecule has 0 atom stereocenters. The van der Waals surface area contributed by atoms with E-state index in [0.29, 0.717) is 4.90 Å². The molecule has 110 valence electrons. The van der Waals surface area contributed by atoms with Crippen LogP contribution in [0.3, 0.4) is 0 Å². The van der Waals surface area contributed by atoms with E-state index < -0.39 is 23.4 Å². The molecule has 1 aromatic carbocycles. The summed E-state index contributed by atoms with van der Waals surface area (Å²) in [5.41, 5.74) is -0.182. The minimum absolute atomic E-state index is 0.00394. The van der Waals surface area contributed by atoms with E-state index in [9.17, 15) is 19.7 Å². The Morgan fingerprint density at radius 2 is 2.24 bits per heavy atom. The Balaban J connectivity index is 2.75. The molecule has 0 aliphatic rings. The van der Waals surface area contributed by atoms with Crippen molar-refractivity contribution in [1.29, 1.82) is 0 Å². The van der Waals surface area contributed by atoms with Crippen LogP contribution >= 0.6 is 11.8 Å². The van der Waals surface area contributed by atoms with Crippen LogP contribution in [0.15, 0.2) is 23.1 Å². The molecule has 0 saturated heterocycles. The van der Waals surface area contributed by atoms with E-state index in [0.717, 1.165) is 6.07 Å². The summed E-state index contributed by atoms with van der Waals surface area (Å²) in [4.78, 5) is 33.7. The smallest absolute Gasteiger partial charge is 0.338 e. The van der Waals surface area contributed by atoms with Crippen LogP contribution in [0.1, 0.15) is 10.4 Å². The second-order valence-electron chi connectivity index (χ2n) is 3.70. The van der Waals surface area contributed by atoms with Crippen molar-refractivity contribution < 1.29 is 19.2 Å². The summed E-state index contributed by atoms with van der Waals surface area (Å²) in [6.07, 6.45) is 6.65. The van der Waals surface area contributed by atoms with Gasteiger partial charge in [0.2, 0.25) is 0 Å². The van der Waals surface area contributed by atoms with Gasteiger partial charge in [0.1, 0.15) is 0 Å². The number of hydrogen-bond acceptors (Lipinski definition) is 6. The third-order valence-corrected chi connectivity index (χ3v) is 3.12. The SMILES string of the molecule is C#CCNC(=O)COC(=O)c1ccc(SC)c([N+](=O)[O-])c1. The Morgan fingerprint density at radius 1 is 1.52 bits per heavy atom. The maximum atomic E-state index is 11.7. The van der Waals surface area contributed by atoms with Crippen LogP contribution in [0, 0.1) is 22.5 Å². The molecule has 0 bridgehead atoms. The maximum absolute atomic E-state index is 11.7. The van der Waals surface area contributed by atoms with Crippen molar-refractivity contribution >= 4 is 29.3 Å². The lowest BCUT2D eigenvalue weighted by Gasteiger charge is -2.06. The van der Waals surface area contributed by atoms with Crippen LogP contribution in [-0.2, 0) is 9.53 Å². The van der Waals surface area contributed by atoms with E-state index in [4.69, 9.17) is 11.2 Å². The Kier molecular flexibility index (Phi) is 6.23. The zero-order valence-corrected chi connectivity index (χ0v) is 11.9. The lowest BCUT2D eigenvalue weighted by Crippen LogP contribution is -2.29. The first-order valence-corrected chi connectivity index (χ1v) is 6.91. The van der Waals surface area contributed by atoms with Crippen molar-refractivity contribution in [1.82, 2.24) is 5.32 Å². The molecule has 0 saturated carbocycles. The number of nitrogens with zero attached hydrogens (tertiary/aromatic N) is 1. The van der Waals surface area contributed by atoms with Crippen molar-refractivity contribution in [2.45, 2.75) is 4.90 Å². The topological polar surface area (TPSA) is 98.5 Å². The second kappa shape index (κ2) is 7.91. The Hall–Kier alpha value is -2.53. The van der Waals surface area contributed by atoms with Gasteiger partial charge in [-0.2, -0.15) is 0 Å². The van der Waals surface area contributed by atoms with E-state index in [1.54, 1.807) is 6.26 Å². The number of benzene rings is 1. The molecule has 21 heavy (non-hydrogen) atoms. The molecule has 1 N–H and O–H groups in total. The zero-order valence-electron chi connectivity index (χ0n) is 11.1. The third kappa shape index (κ3) is 4.81. The highest BCUT2D eigenvalue weighted by molar-refractivity contribution is 7.98. The van der Waals surface area contributed by atoms with Gasteiger partial charge in [-0.3, -0.25) is 14.9 Å². The van der Waals surface area contributed by atoms with E-state index >= 15 is 0 Å². The third-order valence-electron chi connectivity index (χ3n) is 2.33. The molecule has 0 spiro atoms. The number of rotatable bonds is 6. The Bertz CT molecular complexity index is 609. The highest BCUT2D eigenvalue weighted by atomic mass is 32.2. The number of carbonyl (C=O) groups is 2. The van der Waals surface area contributed by atoms with E-state index in [1.807, 2.05) is 0 Å². The molecule has 0 heterocycles. The first kappa shape index (κ1) is 16.5. The highest BCUT2D eigenvalue weighted by Gasteiger charge is 2.18. The van der Waals surface area contributed by atoms with Gasteiger partial charge in [-0.25, -0.2) is 4.79 Å². The predicted molar refractivity (Wildman–Crippen MR) is 77.0 cm³/mol. The van der Waals surface area contributed by atoms with E-state index in [1.165, 1.54) is 23.9 Å². The molecule has 0 aliphatic carbocycles. The molecule has 1 rings (SSSR count). The van der Waals surface area contributed by atoms with Crippen molar-refractivity contribution in [2.24, 2.45) is 0 Å². The molecule has 7 nitrogen and oxygen atoms in total. The van der Waals surface area contributed by atoms with Gasteiger partial charge in [-0.05, 0) is 18.4 Å². The fourth-order valence-corrected chi connectivity index (χ4v) is 1.92. The summed E-state index contributed by atoms with van der Waals surface area (Å²) in [5.74, 6) is 0.838. The Morgan fingerprint density at radius 3 is 2.81 bits per heavy atom. The zero-order chi connectivity index (χ0) is 15.8. The molecule has 0 fully saturated rings. The second-order valence-corrected chi connectivity index (χ2v) is 4.55. The summed E-state index contributed by atoms with van der Waals surface area (Å²) in [6.45, 7) is -0.469. The standard InChI is InChI=1S/C13H12N2O5S/c1-3-6-14-12(16)8-20-13(17)9-4-5-11(21-2)10(7-9)15(18)19/h1,4-5,7H,6,8H2,2H3,(H,14,16). The van der Waals surface area contributed by atoms with Crippen molar-refractivity contribution in [2.75, 3.05) is 19.4 Å². The molecular formula is C13H12N2O5S. The minimum atomic E-state index is -0.818. The predicted octanol–water partition coefficient (Wildman–Crippen LogP) is 1.22. The summed E-state index contributed by atoms with van der Waals surface area (Å²) in [7, 11) is 0. The maximum Gasteiger partial charge on any atom is 0.338 e. The largest absolute Gasteiger partial charge is 0.452 e. The van der Waals surface area contributed by atoms with Crippen LogP contribution in [0.25, 0.3) is 0 Å². The average molecular weight is 308 g/mol. The number of esters is 1. The van der Waals surface area contributed by atoms with Gasteiger partial charge in [0.15, 0.2) is 6.61 Å². The monoisotopic (exact) mass is 308 g/mol. The summed E-state index contributed by atoms with van der Waals surface area (Å²) in [6, 6.07) is 3.98. The van der Waals surface area contributed by atoms with Gasteiger partial charge in [0.05, 0.1) is 21.9 Å². The number of nitro groups is 1. The number of carbonyl (C=O) groups excluding carboxylic acids is 2. The summed E-state index contributed by atoms with van der Waals surface area (Å²) in [5, 5.41) is 13.2. The highest BCUT2D eigenvalue weighted by Crippen LogP contribution is 2.28. The number of nitrogens with one attached hydrogen (secondary N) is 1. The van der Waals surface area contributed by atoms with Gasteiger partial charge >= 0.3 is 5.97 Å². The van der Waals surface area contributed by atoms with Crippen LogP contribution in [0.4, 0.5) is 5.69 Å². The molecule has 0 unspecified atom stereocenters. The average Bonchev–Trinajstić information content (AvgIpc) is 2.49. The Labute approximate surface area is 125 Å². The summed E-state index contributed by atoms with van der Waals surface area (Å²) >= 11 is 1.19. The number of nitro benzene ring substituents is 1. The number of thioether (sulfide) groups is 1. The van der Waals surface area contributed by atoms with Crippen molar-refractivity contribution in [3.8, 4) is 12.3 Å². The minimum Gasteiger partial charge on any atom is -0.452 e. The molecule has 8 heteroatoms. The van der Waals surface area contributed by atoms with E-state index in [2.05, 4.69) is 11.2 Å². The number of ether oxygens (including phenoxy) is 1. The first-order valence-electron chi connectivity index (χ1n) is 5.69. The molecule has 1 amide bonds. The molecule has 1 aromatic rings. The van der Waals surface area contributed by atoms with Crippen LogP contribution < -0.4 is 5.32 Å². The van der Waals surface area contributed by atoms with E-state index in [-0.39, 0.29) is 17.8 Å². The molecule has 0 aliphatic heterocycles. The first-order chi connectivity index (χ1) is 9.99. The molecular weight excluding hydrogens is 296 g/mol. The normalized spacial score (nSPS) is 9.52. The van der Waals surface area contributed by atoms with Crippen molar-refractivity contribution in [3.05, 3.63) is 33.9 Å². The van der Waals surface area contributed by atoms with Crippen LogP contribution in [-0.4, -0.2) is 36.2 Å². The van der Waals surface area contributed by atoms with Gasteiger partial charge in [-0.15, -0.1) is 18.2 Å². The van der Waals surface area contributed by atoms with Gasteiger partial charge < -0.3 is 10.1 Å². The lowest BCUT2D eigenvalue weighted by atomic mass is 10.2. The number of hydrogen-bond donors (Lipinski definition) is 1. The van der Waals surface area contributed by atoms with Gasteiger partial charge in [-0.1, -0.05) is 5.92 Å². The molecule has 0 radical (unpaired) electrons. The number of amides is 1. The van der Waals surface area contributed by atoms with Gasteiger partial charge in [0, 0.05) is 6.07 Å². The van der Waals surface area contributed by atoms with Gasteiger partial charge in [0.25, 0.3) is 11.6 Å². The summed E-state index contributed by atoms with van der Waals surface area (Å²) < 4.78 is 4.75. The quantitative estimate of drug-likeness (QED) is 0.279. The molecule has 0 aromatic heterocycles. The number of terminal acetylenes is 1. The van der Waals surface area contributed by atoms with Crippen molar-refractivity contribution in [3.63, 3.8) is 0 Å².